The van der Waals surface area contributed by atoms with Crippen molar-refractivity contribution in [1.29, 1.82) is 0 Å². The number of fused-ring (bicyclic) bond motifs is 1. The highest BCUT2D eigenvalue weighted by Crippen LogP contribution is 2.29. The number of hydrogen-bond donors (Lipinski definition) is 2. The van der Waals surface area contributed by atoms with Gasteiger partial charge in [-0.15, -0.1) is 0 Å². The molecule has 2 aliphatic heterocycles. The summed E-state index contributed by atoms with van der Waals surface area (Å²) in [4.78, 5) is 8.84. The number of nitrogens with zero attached hydrogens (tertiary/aromatic N) is 2. The fourth-order valence-electron chi connectivity index (χ4n) is 3.60. The van der Waals surface area contributed by atoms with Gasteiger partial charge in [0.05, 0.1) is 44.4 Å². The van der Waals surface area contributed by atoms with Crippen LogP contribution < -0.4 is 10.6 Å². The zero-order valence-corrected chi connectivity index (χ0v) is 14.6. The van der Waals surface area contributed by atoms with Crippen molar-refractivity contribution in [2.45, 2.75) is 30.8 Å². The maximum atomic E-state index is 5.99. The molecule has 3 aromatic heterocycles. The zero-order chi connectivity index (χ0) is 18.1. The van der Waals surface area contributed by atoms with Crippen molar-refractivity contribution >= 4 is 5.95 Å². The number of furan rings is 2. The first-order valence-electron chi connectivity index (χ1n) is 8.99. The fourth-order valence-corrected chi connectivity index (χ4v) is 3.60. The predicted molar refractivity (Wildman–Crippen MR) is 96.0 cm³/mol. The molecule has 0 spiro atoms. The van der Waals surface area contributed by atoms with E-state index in [2.05, 4.69) is 20.6 Å². The topological polar surface area (TPSA) is 94.6 Å². The average Bonchev–Trinajstić information content (AvgIpc) is 3.47. The molecule has 0 saturated carbocycles. The fraction of sp³-hybridized carbons (Fsp3) is 0.368. The number of nitrogens with one attached hydrogen (secondary N) is 2. The smallest absolute Gasteiger partial charge is 0.223 e. The third kappa shape index (κ3) is 3.34. The summed E-state index contributed by atoms with van der Waals surface area (Å²) in [5, 5.41) is 6.80. The van der Waals surface area contributed by atoms with E-state index >= 15 is 0 Å². The van der Waals surface area contributed by atoms with Crippen molar-refractivity contribution in [3.63, 3.8) is 0 Å². The number of hydrogen-bond acceptors (Lipinski definition) is 8. The Bertz CT molecular complexity index is 868. The Hall–Kier alpha value is -2.68. The van der Waals surface area contributed by atoms with Crippen LogP contribution in [0.5, 0.6) is 0 Å². The van der Waals surface area contributed by atoms with Crippen molar-refractivity contribution in [3.05, 3.63) is 54.8 Å². The summed E-state index contributed by atoms with van der Waals surface area (Å²) in [6.45, 7) is 1.80. The van der Waals surface area contributed by atoms with Crippen molar-refractivity contribution in [2.75, 3.05) is 18.5 Å². The minimum absolute atomic E-state index is 0.00253. The van der Waals surface area contributed by atoms with Crippen molar-refractivity contribution < 1.29 is 18.3 Å². The van der Waals surface area contributed by atoms with E-state index in [1.165, 1.54) is 0 Å². The molecule has 0 amide bonds. The predicted octanol–water partition coefficient (Wildman–Crippen LogP) is 2.07. The molecular weight excluding hydrogens is 348 g/mol. The Morgan fingerprint density at radius 3 is 2.59 bits per heavy atom. The molecule has 2 fully saturated rings. The molecule has 2 saturated heterocycles. The SMILES string of the molecule is c1coc(CN[C@@H]2CO[C@@H]3[C@@H]2OC[C@@H]3Nc2nccc(-c3ccco3)n2)c1. The Balaban J connectivity index is 1.22. The summed E-state index contributed by atoms with van der Waals surface area (Å²) in [6.07, 6.45) is 4.96. The molecule has 8 heteroatoms. The Morgan fingerprint density at radius 1 is 0.963 bits per heavy atom. The van der Waals surface area contributed by atoms with Crippen LogP contribution in [0.3, 0.4) is 0 Å². The highest BCUT2D eigenvalue weighted by atomic mass is 16.6. The van der Waals surface area contributed by atoms with Crippen LogP contribution in [0.1, 0.15) is 5.76 Å². The largest absolute Gasteiger partial charge is 0.468 e. The highest BCUT2D eigenvalue weighted by molar-refractivity contribution is 5.53. The highest BCUT2D eigenvalue weighted by Gasteiger charge is 2.47. The molecule has 27 heavy (non-hydrogen) atoms. The lowest BCUT2D eigenvalue weighted by Gasteiger charge is -2.18. The van der Waals surface area contributed by atoms with Crippen molar-refractivity contribution in [1.82, 2.24) is 15.3 Å². The molecule has 5 rings (SSSR count). The third-order valence-electron chi connectivity index (χ3n) is 4.92. The van der Waals surface area contributed by atoms with Crippen LogP contribution in [0.4, 0.5) is 5.95 Å². The molecule has 140 valence electrons. The first-order valence-corrected chi connectivity index (χ1v) is 8.99. The average molecular weight is 368 g/mol. The van der Waals surface area contributed by atoms with Crippen LogP contribution in [-0.4, -0.2) is 47.5 Å². The van der Waals surface area contributed by atoms with Gasteiger partial charge in [-0.2, -0.15) is 0 Å². The molecule has 0 aromatic carbocycles. The first kappa shape index (κ1) is 16.5. The van der Waals surface area contributed by atoms with Crippen LogP contribution in [0, 0.1) is 0 Å². The first-order chi connectivity index (χ1) is 13.4. The second-order valence-corrected chi connectivity index (χ2v) is 6.66. The van der Waals surface area contributed by atoms with E-state index in [1.807, 2.05) is 30.3 Å². The third-order valence-corrected chi connectivity index (χ3v) is 4.92. The van der Waals surface area contributed by atoms with Crippen molar-refractivity contribution in [3.8, 4) is 11.5 Å². The molecule has 5 heterocycles. The van der Waals surface area contributed by atoms with E-state index in [9.17, 15) is 0 Å². The number of anilines is 1. The maximum Gasteiger partial charge on any atom is 0.223 e. The van der Waals surface area contributed by atoms with Crippen LogP contribution in [0.15, 0.2) is 57.9 Å². The Morgan fingerprint density at radius 2 is 1.78 bits per heavy atom. The van der Waals surface area contributed by atoms with Crippen LogP contribution in [-0.2, 0) is 16.0 Å². The molecule has 2 aliphatic rings. The van der Waals surface area contributed by atoms with Gasteiger partial charge in [0.1, 0.15) is 23.7 Å². The van der Waals surface area contributed by atoms with Gasteiger partial charge in [-0.05, 0) is 30.3 Å². The lowest BCUT2D eigenvalue weighted by atomic mass is 10.1. The summed E-state index contributed by atoms with van der Waals surface area (Å²) in [7, 11) is 0. The van der Waals surface area contributed by atoms with Gasteiger partial charge in [-0.1, -0.05) is 0 Å². The van der Waals surface area contributed by atoms with Crippen LogP contribution >= 0.6 is 0 Å². The summed E-state index contributed by atoms with van der Waals surface area (Å²) in [5.41, 5.74) is 0.735. The van der Waals surface area contributed by atoms with Gasteiger partial charge in [0, 0.05) is 6.20 Å². The molecule has 0 unspecified atom stereocenters. The number of rotatable bonds is 6. The molecular formula is C19H20N4O4. The van der Waals surface area contributed by atoms with Crippen molar-refractivity contribution in [2.24, 2.45) is 0 Å². The van der Waals surface area contributed by atoms with E-state index in [1.54, 1.807) is 18.7 Å². The second kappa shape index (κ2) is 7.15. The molecule has 0 aliphatic carbocycles. The van der Waals surface area contributed by atoms with Crippen LogP contribution in [0.2, 0.25) is 0 Å². The van der Waals surface area contributed by atoms with Gasteiger partial charge in [0.2, 0.25) is 5.95 Å². The lowest BCUT2D eigenvalue weighted by Crippen LogP contribution is -2.41. The quantitative estimate of drug-likeness (QED) is 0.683. The van der Waals surface area contributed by atoms with E-state index in [0.29, 0.717) is 31.5 Å². The van der Waals surface area contributed by atoms with Gasteiger partial charge < -0.3 is 28.9 Å². The van der Waals surface area contributed by atoms with E-state index in [4.69, 9.17) is 18.3 Å². The normalized spacial score (nSPS) is 27.0. The molecule has 0 radical (unpaired) electrons. The summed E-state index contributed by atoms with van der Waals surface area (Å²) < 4.78 is 22.8. The lowest BCUT2D eigenvalue weighted by molar-refractivity contribution is 0.0673. The van der Waals surface area contributed by atoms with Gasteiger partial charge in [-0.3, -0.25) is 0 Å². The molecule has 3 aromatic rings. The molecule has 8 nitrogen and oxygen atoms in total. The van der Waals surface area contributed by atoms with Gasteiger partial charge in [-0.25, -0.2) is 9.97 Å². The van der Waals surface area contributed by atoms with E-state index in [-0.39, 0.29) is 24.3 Å². The zero-order valence-electron chi connectivity index (χ0n) is 14.6. The summed E-state index contributed by atoms with van der Waals surface area (Å²) in [5.74, 6) is 2.14. The van der Waals surface area contributed by atoms with Gasteiger partial charge >= 0.3 is 0 Å². The number of aromatic nitrogens is 2. The monoisotopic (exact) mass is 368 g/mol. The van der Waals surface area contributed by atoms with Crippen LogP contribution in [0.25, 0.3) is 11.5 Å². The van der Waals surface area contributed by atoms with Gasteiger partial charge in [0.25, 0.3) is 0 Å². The minimum atomic E-state index is -0.0463. The minimum Gasteiger partial charge on any atom is -0.468 e. The second-order valence-electron chi connectivity index (χ2n) is 6.66. The Kier molecular flexibility index (Phi) is 4.36. The Labute approximate surface area is 155 Å². The standard InChI is InChI=1S/C19H20N4O4/c1-3-12(24-7-1)9-21-14-10-26-18-15(11-27-17(14)18)23-19-20-6-5-13(22-19)16-4-2-8-25-16/h1-8,14-15,17-18,21H,9-11H2,(H,20,22,23)/t14-,15+,17-,18+/m1/s1. The number of ether oxygens (including phenoxy) is 2. The summed E-state index contributed by atoms with van der Waals surface area (Å²) >= 11 is 0. The molecule has 2 N–H and O–H groups in total. The van der Waals surface area contributed by atoms with E-state index < -0.39 is 0 Å². The maximum absolute atomic E-state index is 5.99. The summed E-state index contributed by atoms with van der Waals surface area (Å²) in [6, 6.07) is 9.48. The van der Waals surface area contributed by atoms with E-state index in [0.717, 1.165) is 11.5 Å². The molecule has 0 bridgehead atoms. The van der Waals surface area contributed by atoms with Gasteiger partial charge in [0.15, 0.2) is 5.76 Å². The molecule has 4 atom stereocenters.